The number of nitrogens with zero attached hydrogens (tertiary/aromatic N) is 1. The Labute approximate surface area is 174 Å². The molecular weight excluding hydrogens is 362 g/mol. The molecule has 0 aliphatic carbocycles. The molecular formula is C25H34NO3+. The molecule has 4 nitrogen and oxygen atoms in total. The quantitative estimate of drug-likeness (QED) is 0.326. The highest BCUT2D eigenvalue weighted by Crippen LogP contribution is 2.32. The van der Waals surface area contributed by atoms with Crippen LogP contribution in [0, 0.1) is 0 Å². The van der Waals surface area contributed by atoms with Gasteiger partial charge in [0.2, 0.25) is 17.1 Å². The van der Waals surface area contributed by atoms with Gasteiger partial charge in [0, 0.05) is 24.1 Å². The summed E-state index contributed by atoms with van der Waals surface area (Å²) in [6.07, 6.45) is 10.5. The van der Waals surface area contributed by atoms with Crippen LogP contribution in [0.25, 0.3) is 0 Å². The van der Waals surface area contributed by atoms with Gasteiger partial charge in [-0.2, -0.15) is 0 Å². The van der Waals surface area contributed by atoms with Crippen molar-refractivity contribution in [1.82, 2.24) is 0 Å². The second-order valence-corrected chi connectivity index (χ2v) is 8.27. The first-order chi connectivity index (χ1) is 13.7. The topological polar surface area (TPSA) is 60.5 Å². The van der Waals surface area contributed by atoms with Crippen LogP contribution >= 0.6 is 0 Å². The van der Waals surface area contributed by atoms with Gasteiger partial charge in [0.1, 0.15) is 0 Å². The number of benzene rings is 1. The lowest BCUT2D eigenvalue weighted by atomic mass is 9.82. The maximum Gasteiger partial charge on any atom is 0.268 e. The molecule has 0 aromatic heterocycles. The standard InChI is InChI=1S/C25H34NO3/c1-18(2)10-8-11-19(3)12-9-13-20(4)16-17-25(28)21(5)26(29)23-15-7-6-14-22(23)24(25)27/h6-7,10,12,14-16,28-29H,8-9,11,13,17H2,1-5H3/q+1/b19-12+,20-16+. The summed E-state index contributed by atoms with van der Waals surface area (Å²) >= 11 is 0. The van der Waals surface area contributed by atoms with Crippen molar-refractivity contribution in [3.63, 3.8) is 0 Å². The van der Waals surface area contributed by atoms with Gasteiger partial charge in [-0.15, -0.1) is 0 Å². The largest absolute Gasteiger partial charge is 0.372 e. The van der Waals surface area contributed by atoms with E-state index in [0.29, 0.717) is 11.3 Å². The van der Waals surface area contributed by atoms with E-state index in [1.165, 1.54) is 11.1 Å². The summed E-state index contributed by atoms with van der Waals surface area (Å²) < 4.78 is 0.929. The SMILES string of the molecule is CC(C)=CCC/C(C)=C/CC/C(C)=C/CC1(O)C(=O)c2ccccc2[N+](O)=C1C. The van der Waals surface area contributed by atoms with E-state index >= 15 is 0 Å². The summed E-state index contributed by atoms with van der Waals surface area (Å²) in [5.74, 6) is -0.366. The first kappa shape index (κ1) is 22.8. The monoisotopic (exact) mass is 396 g/mol. The Hall–Kier alpha value is -2.46. The summed E-state index contributed by atoms with van der Waals surface area (Å²) in [5, 5.41) is 21.5. The molecule has 1 unspecified atom stereocenters. The molecule has 0 radical (unpaired) electrons. The van der Waals surface area contributed by atoms with Crippen molar-refractivity contribution in [2.24, 2.45) is 0 Å². The van der Waals surface area contributed by atoms with Crippen molar-refractivity contribution in [3.8, 4) is 0 Å². The number of allylic oxidation sites excluding steroid dienone is 5. The molecule has 1 aliphatic rings. The van der Waals surface area contributed by atoms with Gasteiger partial charge in [0.15, 0.2) is 0 Å². The predicted octanol–water partition coefficient (Wildman–Crippen LogP) is 5.92. The second kappa shape index (κ2) is 9.84. The van der Waals surface area contributed by atoms with Crippen molar-refractivity contribution < 1.29 is 19.8 Å². The molecule has 0 amide bonds. The number of carbonyl (C=O) groups excluding carboxylic acids is 1. The van der Waals surface area contributed by atoms with Gasteiger partial charge in [0.05, 0.1) is 5.56 Å². The third-order valence-electron chi connectivity index (χ3n) is 5.54. The molecule has 0 saturated carbocycles. The number of hydrogen-bond donors (Lipinski definition) is 2. The minimum Gasteiger partial charge on any atom is -0.372 e. The van der Waals surface area contributed by atoms with E-state index in [0.717, 1.165) is 36.0 Å². The number of fused-ring (bicyclic) bond motifs is 1. The molecule has 0 spiro atoms. The second-order valence-electron chi connectivity index (χ2n) is 8.27. The van der Waals surface area contributed by atoms with Crippen molar-refractivity contribution >= 4 is 17.2 Å². The lowest BCUT2D eigenvalue weighted by Crippen LogP contribution is -2.51. The molecule has 2 rings (SSSR count). The van der Waals surface area contributed by atoms with Gasteiger partial charge in [0.25, 0.3) is 5.69 Å². The van der Waals surface area contributed by atoms with Crippen LogP contribution in [-0.4, -0.2) is 32.1 Å². The number of hydrogen-bond acceptors (Lipinski definition) is 3. The minimum absolute atomic E-state index is 0.151. The van der Waals surface area contributed by atoms with Crippen LogP contribution in [-0.2, 0) is 0 Å². The Morgan fingerprint density at radius 1 is 1.00 bits per heavy atom. The average Bonchev–Trinajstić information content (AvgIpc) is 2.69. The number of Topliss-reactive ketones (excluding diaryl/α,β-unsaturated/α-hetero) is 1. The molecule has 0 saturated heterocycles. The van der Waals surface area contributed by atoms with Gasteiger partial charge in [-0.25, -0.2) is 0 Å². The number of ketones is 1. The summed E-state index contributed by atoms with van der Waals surface area (Å²) in [6.45, 7) is 10.0. The van der Waals surface area contributed by atoms with Crippen LogP contribution in [0.5, 0.6) is 0 Å². The van der Waals surface area contributed by atoms with E-state index in [1.807, 2.05) is 13.0 Å². The molecule has 1 atom stereocenters. The van der Waals surface area contributed by atoms with Crippen LogP contribution in [0.3, 0.4) is 0 Å². The zero-order valence-corrected chi connectivity index (χ0v) is 18.3. The molecule has 1 aromatic rings. The number of rotatable bonds is 8. The van der Waals surface area contributed by atoms with Crippen LogP contribution in [0.1, 0.15) is 77.1 Å². The summed E-state index contributed by atoms with van der Waals surface area (Å²) in [6, 6.07) is 6.80. The lowest BCUT2D eigenvalue weighted by molar-refractivity contribution is -0.716. The number of para-hydroxylation sites is 1. The molecule has 1 aromatic carbocycles. The smallest absolute Gasteiger partial charge is 0.268 e. The Bertz CT molecular complexity index is 885. The number of carbonyl (C=O) groups is 1. The minimum atomic E-state index is -1.72. The Morgan fingerprint density at radius 2 is 1.59 bits per heavy atom. The van der Waals surface area contributed by atoms with Gasteiger partial charge < -0.3 is 5.11 Å². The molecule has 2 N–H and O–H groups in total. The fourth-order valence-electron chi connectivity index (χ4n) is 3.49. The predicted molar refractivity (Wildman–Crippen MR) is 118 cm³/mol. The van der Waals surface area contributed by atoms with E-state index in [9.17, 15) is 15.1 Å². The van der Waals surface area contributed by atoms with Gasteiger partial charge in [-0.05, 0) is 59.4 Å². The average molecular weight is 397 g/mol. The summed E-state index contributed by atoms with van der Waals surface area (Å²) in [4.78, 5) is 12.9. The van der Waals surface area contributed by atoms with E-state index in [-0.39, 0.29) is 17.9 Å². The Balaban J connectivity index is 2.02. The van der Waals surface area contributed by atoms with E-state index < -0.39 is 5.60 Å². The van der Waals surface area contributed by atoms with Gasteiger partial charge in [-0.3, -0.25) is 10.0 Å². The Morgan fingerprint density at radius 3 is 2.24 bits per heavy atom. The summed E-state index contributed by atoms with van der Waals surface area (Å²) in [7, 11) is 0. The number of aliphatic hydroxyl groups is 1. The van der Waals surface area contributed by atoms with E-state index in [2.05, 4.69) is 32.9 Å². The third-order valence-corrected chi connectivity index (χ3v) is 5.54. The van der Waals surface area contributed by atoms with Crippen molar-refractivity contribution in [2.45, 2.75) is 72.3 Å². The van der Waals surface area contributed by atoms with Crippen molar-refractivity contribution in [3.05, 3.63) is 64.8 Å². The first-order valence-corrected chi connectivity index (χ1v) is 10.3. The highest BCUT2D eigenvalue weighted by atomic mass is 16.5. The van der Waals surface area contributed by atoms with E-state index in [4.69, 9.17) is 0 Å². The molecule has 1 heterocycles. The van der Waals surface area contributed by atoms with Gasteiger partial charge >= 0.3 is 0 Å². The fourth-order valence-corrected chi connectivity index (χ4v) is 3.49. The highest BCUT2D eigenvalue weighted by Gasteiger charge is 2.51. The maximum atomic E-state index is 12.9. The lowest BCUT2D eigenvalue weighted by Gasteiger charge is -2.26. The van der Waals surface area contributed by atoms with Crippen LogP contribution in [0.4, 0.5) is 5.69 Å². The van der Waals surface area contributed by atoms with Crippen LogP contribution in [0.2, 0.25) is 0 Å². The summed E-state index contributed by atoms with van der Waals surface area (Å²) in [5.41, 5.74) is 3.12. The molecule has 29 heavy (non-hydrogen) atoms. The first-order valence-electron chi connectivity index (χ1n) is 10.3. The molecule has 0 bridgehead atoms. The van der Waals surface area contributed by atoms with Crippen LogP contribution < -0.4 is 0 Å². The van der Waals surface area contributed by atoms with Gasteiger partial charge in [-0.1, -0.05) is 47.1 Å². The zero-order valence-electron chi connectivity index (χ0n) is 18.3. The Kier molecular flexibility index (Phi) is 7.74. The highest BCUT2D eigenvalue weighted by molar-refractivity contribution is 6.20. The molecule has 4 heteroatoms. The maximum absolute atomic E-state index is 12.9. The third kappa shape index (κ3) is 5.54. The van der Waals surface area contributed by atoms with Crippen LogP contribution in [0.15, 0.2) is 59.2 Å². The van der Waals surface area contributed by atoms with Crippen molar-refractivity contribution in [1.29, 1.82) is 0 Å². The van der Waals surface area contributed by atoms with E-state index in [1.54, 1.807) is 31.2 Å². The van der Waals surface area contributed by atoms with Crippen molar-refractivity contribution in [2.75, 3.05) is 0 Å². The zero-order chi connectivity index (χ0) is 21.6. The fraction of sp³-hybridized carbons (Fsp3) is 0.440. The molecule has 1 aliphatic heterocycles. The molecule has 156 valence electrons. The normalized spacial score (nSPS) is 20.0. The molecule has 0 fully saturated rings.